The van der Waals surface area contributed by atoms with E-state index < -0.39 is 24.3 Å². The van der Waals surface area contributed by atoms with Gasteiger partial charge in [0.25, 0.3) is 0 Å². The molecule has 2 atom stereocenters. The lowest BCUT2D eigenvalue weighted by molar-refractivity contribution is -0.136. The minimum Gasteiger partial charge on any atom is -0.506 e. The Morgan fingerprint density at radius 2 is 1.92 bits per heavy atom. The SMILES string of the molecule is CCOc1cc([C@H]2NC(=O)NC(C)=C2C(=O)OC)ccc1OC[C@H](O)N/N=C\c1cc(I)c(O)c(I)c1. The van der Waals surface area contributed by atoms with Gasteiger partial charge in [0.05, 0.1) is 38.7 Å². The quantitative estimate of drug-likeness (QED) is 0.0822. The number of aromatic hydroxyl groups is 1. The van der Waals surface area contributed by atoms with Crippen LogP contribution in [0.15, 0.2) is 46.7 Å². The van der Waals surface area contributed by atoms with Gasteiger partial charge in [-0.2, -0.15) is 5.10 Å². The minimum absolute atomic E-state index is 0.141. The van der Waals surface area contributed by atoms with Crippen molar-refractivity contribution in [1.82, 2.24) is 16.1 Å². The number of benzene rings is 2. The van der Waals surface area contributed by atoms with E-state index in [0.717, 1.165) is 5.56 Å². The number of aliphatic hydroxyl groups is 1. The van der Waals surface area contributed by atoms with Crippen LogP contribution in [0.1, 0.15) is 31.0 Å². The van der Waals surface area contributed by atoms with Crippen molar-refractivity contribution in [1.29, 1.82) is 0 Å². The number of methoxy groups -OCH3 is 1. The van der Waals surface area contributed by atoms with Crippen LogP contribution >= 0.6 is 45.2 Å². The molecular weight excluding hydrogens is 710 g/mol. The van der Waals surface area contributed by atoms with E-state index in [1.54, 1.807) is 37.3 Å². The summed E-state index contributed by atoms with van der Waals surface area (Å²) >= 11 is 4.05. The number of esters is 1. The number of halogens is 2. The van der Waals surface area contributed by atoms with Crippen LogP contribution in [0.4, 0.5) is 4.79 Å². The smallest absolute Gasteiger partial charge is 0.337 e. The number of carbonyl (C=O) groups excluding carboxylic acids is 2. The fourth-order valence-corrected chi connectivity index (χ4v) is 5.30. The van der Waals surface area contributed by atoms with Crippen molar-refractivity contribution in [3.63, 3.8) is 0 Å². The van der Waals surface area contributed by atoms with Gasteiger partial charge in [0, 0.05) is 5.70 Å². The molecule has 0 radical (unpaired) electrons. The van der Waals surface area contributed by atoms with Gasteiger partial charge in [-0.3, -0.25) is 5.43 Å². The molecule has 0 fully saturated rings. The molecule has 1 aliphatic rings. The third-order valence-corrected chi connectivity index (χ3v) is 6.79. The van der Waals surface area contributed by atoms with Crippen molar-refractivity contribution in [3.8, 4) is 17.2 Å². The lowest BCUT2D eigenvalue weighted by atomic mass is 9.95. The van der Waals surface area contributed by atoms with Gasteiger partial charge in [-0.25, -0.2) is 9.59 Å². The van der Waals surface area contributed by atoms with Crippen LogP contribution in [-0.4, -0.2) is 55.0 Å². The maximum atomic E-state index is 12.4. The number of nitrogens with one attached hydrogen (secondary N) is 3. The number of amides is 2. The number of hydrogen-bond acceptors (Lipinski definition) is 9. The molecule has 1 heterocycles. The number of phenols is 1. The predicted octanol–water partition coefficient (Wildman–Crippen LogP) is 3.12. The van der Waals surface area contributed by atoms with Gasteiger partial charge in [0.2, 0.25) is 0 Å². The van der Waals surface area contributed by atoms with E-state index in [4.69, 9.17) is 14.2 Å². The Labute approximate surface area is 240 Å². The highest BCUT2D eigenvalue weighted by Gasteiger charge is 2.32. The molecule has 0 aromatic heterocycles. The predicted molar refractivity (Wildman–Crippen MR) is 153 cm³/mol. The van der Waals surface area contributed by atoms with Gasteiger partial charge >= 0.3 is 12.0 Å². The molecular formula is C24H26I2N4O7. The first-order valence-corrected chi connectivity index (χ1v) is 13.2. The summed E-state index contributed by atoms with van der Waals surface area (Å²) in [7, 11) is 1.27. The number of ether oxygens (including phenoxy) is 3. The Morgan fingerprint density at radius 3 is 2.57 bits per heavy atom. The summed E-state index contributed by atoms with van der Waals surface area (Å²) in [6.45, 7) is 3.63. The zero-order valence-corrected chi connectivity index (χ0v) is 24.5. The summed E-state index contributed by atoms with van der Waals surface area (Å²) in [6, 6.07) is 7.31. The van der Waals surface area contributed by atoms with Crippen LogP contribution in [-0.2, 0) is 9.53 Å². The molecule has 0 saturated heterocycles. The number of hydrogen-bond donors (Lipinski definition) is 5. The van der Waals surface area contributed by atoms with Gasteiger partial charge in [-0.05, 0) is 94.4 Å². The Hall–Kier alpha value is -2.79. The van der Waals surface area contributed by atoms with Crippen LogP contribution in [0, 0.1) is 7.14 Å². The van der Waals surface area contributed by atoms with E-state index in [2.05, 4.69) is 21.2 Å². The van der Waals surface area contributed by atoms with Gasteiger partial charge in [0.15, 0.2) is 17.7 Å². The Bertz CT molecular complexity index is 1210. The van der Waals surface area contributed by atoms with Gasteiger partial charge in [-0.1, -0.05) is 6.07 Å². The number of phenolic OH excluding ortho intramolecular Hbond substituents is 1. The largest absolute Gasteiger partial charge is 0.506 e. The maximum Gasteiger partial charge on any atom is 0.337 e. The number of nitrogens with zero attached hydrogens (tertiary/aromatic N) is 1. The summed E-state index contributed by atoms with van der Waals surface area (Å²) in [5, 5.41) is 29.5. The highest BCUT2D eigenvalue weighted by atomic mass is 127. The zero-order valence-electron chi connectivity index (χ0n) is 20.2. The molecule has 1 aliphatic heterocycles. The Morgan fingerprint density at radius 1 is 1.22 bits per heavy atom. The molecule has 0 saturated carbocycles. The lowest BCUT2D eigenvalue weighted by Gasteiger charge is -2.28. The van der Waals surface area contributed by atoms with Crippen molar-refractivity contribution in [2.45, 2.75) is 26.1 Å². The molecule has 0 unspecified atom stereocenters. The molecule has 2 aromatic rings. The van der Waals surface area contributed by atoms with Crippen LogP contribution in [0.3, 0.4) is 0 Å². The number of urea groups is 1. The summed E-state index contributed by atoms with van der Waals surface area (Å²) in [5.41, 5.74) is 4.59. The van der Waals surface area contributed by atoms with E-state index >= 15 is 0 Å². The molecule has 0 aliphatic carbocycles. The molecule has 0 bridgehead atoms. The van der Waals surface area contributed by atoms with Crippen LogP contribution in [0.5, 0.6) is 17.2 Å². The Kier molecular flexibility index (Phi) is 10.2. The minimum atomic E-state index is -1.12. The van der Waals surface area contributed by atoms with Crippen molar-refractivity contribution < 1.29 is 34.0 Å². The first-order valence-electron chi connectivity index (χ1n) is 11.0. The summed E-state index contributed by atoms with van der Waals surface area (Å²) < 4.78 is 17.7. The second-order valence-electron chi connectivity index (χ2n) is 7.75. The van der Waals surface area contributed by atoms with Crippen molar-refractivity contribution in [2.75, 3.05) is 20.3 Å². The van der Waals surface area contributed by atoms with Gasteiger partial charge in [0.1, 0.15) is 12.4 Å². The van der Waals surface area contributed by atoms with E-state index in [0.29, 0.717) is 36.5 Å². The second-order valence-corrected chi connectivity index (χ2v) is 10.1. The monoisotopic (exact) mass is 736 g/mol. The van der Waals surface area contributed by atoms with Crippen LogP contribution in [0.25, 0.3) is 0 Å². The molecule has 37 heavy (non-hydrogen) atoms. The topological polar surface area (TPSA) is 151 Å². The van der Waals surface area contributed by atoms with E-state index in [9.17, 15) is 19.8 Å². The van der Waals surface area contributed by atoms with Gasteiger partial charge < -0.3 is 35.1 Å². The number of aliphatic hydroxyl groups excluding tert-OH is 1. The third kappa shape index (κ3) is 7.38. The lowest BCUT2D eigenvalue weighted by Crippen LogP contribution is -2.45. The standard InChI is InChI=1S/C24H26I2N4O7/c1-4-36-18-9-14(21-20(23(33)35-3)12(2)28-24(34)29-21)5-6-17(18)37-11-19(31)30-27-10-13-7-15(25)22(32)16(26)8-13/h5-10,19,21,30-32H,4,11H2,1-3H3,(H2,28,29,34)/b27-10-/t19-,21+/m0/s1. The normalized spacial score (nSPS) is 16.2. The van der Waals surface area contributed by atoms with Crippen molar-refractivity contribution >= 4 is 63.4 Å². The second kappa shape index (κ2) is 13.1. The molecule has 11 nitrogen and oxygen atoms in total. The van der Waals surface area contributed by atoms with Crippen LogP contribution in [0.2, 0.25) is 0 Å². The fourth-order valence-electron chi connectivity index (χ4n) is 3.48. The molecule has 2 aromatic carbocycles. The average molecular weight is 736 g/mol. The van der Waals surface area contributed by atoms with E-state index in [-0.39, 0.29) is 17.9 Å². The summed E-state index contributed by atoms with van der Waals surface area (Å²) in [6.07, 6.45) is 0.399. The Balaban J connectivity index is 1.71. The van der Waals surface area contributed by atoms with Gasteiger partial charge in [-0.15, -0.1) is 0 Å². The van der Waals surface area contributed by atoms with Crippen LogP contribution < -0.4 is 25.5 Å². The zero-order chi connectivity index (χ0) is 27.1. The van der Waals surface area contributed by atoms with E-state index in [1.165, 1.54) is 13.3 Å². The molecule has 13 heteroatoms. The maximum absolute atomic E-state index is 12.4. The fraction of sp³-hybridized carbons (Fsp3) is 0.292. The summed E-state index contributed by atoms with van der Waals surface area (Å²) in [4.78, 5) is 24.4. The van der Waals surface area contributed by atoms with Crippen molar-refractivity contribution in [3.05, 3.63) is 59.9 Å². The molecule has 2 amide bonds. The molecule has 198 valence electrons. The first kappa shape index (κ1) is 28.8. The first-order chi connectivity index (χ1) is 17.6. The third-order valence-electron chi connectivity index (χ3n) is 5.15. The molecule has 5 N–H and O–H groups in total. The number of allylic oxidation sites excluding steroid dienone is 1. The van der Waals surface area contributed by atoms with Crippen molar-refractivity contribution in [2.24, 2.45) is 5.10 Å². The number of carbonyl (C=O) groups is 2. The number of rotatable bonds is 10. The molecule has 0 spiro atoms. The number of hydrazone groups is 1. The molecule has 3 rings (SSSR count). The highest BCUT2D eigenvalue weighted by molar-refractivity contribution is 14.1. The highest BCUT2D eigenvalue weighted by Crippen LogP contribution is 2.35. The average Bonchev–Trinajstić information content (AvgIpc) is 2.85. The van der Waals surface area contributed by atoms with E-state index in [1.807, 2.05) is 52.1 Å². The summed E-state index contributed by atoms with van der Waals surface area (Å²) in [5.74, 6) is 0.378.